The molecular weight excluding hydrogens is 398 g/mol. The van der Waals surface area contributed by atoms with Crippen molar-refractivity contribution in [3.05, 3.63) is 71.3 Å². The van der Waals surface area contributed by atoms with Gasteiger partial charge in [0.15, 0.2) is 0 Å². The molecule has 0 amide bonds. The van der Waals surface area contributed by atoms with E-state index in [1.165, 1.54) is 7.11 Å². The van der Waals surface area contributed by atoms with Crippen LogP contribution >= 0.6 is 0 Å². The molecule has 0 fully saturated rings. The summed E-state index contributed by atoms with van der Waals surface area (Å²) in [7, 11) is 1.32. The zero-order valence-electron chi connectivity index (χ0n) is 19.2. The van der Waals surface area contributed by atoms with Crippen LogP contribution in [0.2, 0.25) is 0 Å². The largest absolute Gasteiger partial charge is 0.506 e. The number of nitrogens with two attached hydrogens (primary N) is 1. The molecule has 0 aromatic heterocycles. The number of esters is 1. The summed E-state index contributed by atoms with van der Waals surface area (Å²) in [5.41, 5.74) is 10.8. The number of hydrogen-bond donors (Lipinski definition) is 2. The summed E-state index contributed by atoms with van der Waals surface area (Å²) < 4.78 is 4.99. The minimum atomic E-state index is -0.582. The third-order valence-electron chi connectivity index (χ3n) is 6.19. The molecule has 164 valence electrons. The van der Waals surface area contributed by atoms with Gasteiger partial charge in [0.05, 0.1) is 7.11 Å². The molecule has 4 nitrogen and oxygen atoms in total. The first-order valence-corrected chi connectivity index (χ1v) is 10.9. The fourth-order valence-electron chi connectivity index (χ4n) is 4.36. The normalized spacial score (nSPS) is 11.8. The lowest BCUT2D eigenvalue weighted by Gasteiger charge is -2.22. The van der Waals surface area contributed by atoms with Crippen LogP contribution in [0.15, 0.2) is 54.6 Å². The number of anilines is 1. The first-order chi connectivity index (χ1) is 15.2. The van der Waals surface area contributed by atoms with Crippen LogP contribution in [0.1, 0.15) is 49.2 Å². The Morgan fingerprint density at radius 1 is 0.969 bits per heavy atom. The van der Waals surface area contributed by atoms with Gasteiger partial charge in [-0.2, -0.15) is 0 Å². The van der Waals surface area contributed by atoms with Gasteiger partial charge < -0.3 is 15.6 Å². The van der Waals surface area contributed by atoms with E-state index in [1.807, 2.05) is 30.3 Å². The summed E-state index contributed by atoms with van der Waals surface area (Å²) in [6.07, 6.45) is 0.757. The molecule has 0 saturated carbocycles. The Morgan fingerprint density at radius 3 is 2.31 bits per heavy atom. The van der Waals surface area contributed by atoms with Crippen LogP contribution < -0.4 is 5.73 Å². The average molecular weight is 428 g/mol. The zero-order valence-corrected chi connectivity index (χ0v) is 19.2. The van der Waals surface area contributed by atoms with Gasteiger partial charge in [-0.15, -0.1) is 0 Å². The molecule has 4 aromatic carbocycles. The monoisotopic (exact) mass is 427 g/mol. The second-order valence-corrected chi connectivity index (χ2v) is 9.22. The van der Waals surface area contributed by atoms with E-state index in [-0.39, 0.29) is 16.7 Å². The van der Waals surface area contributed by atoms with Crippen molar-refractivity contribution in [1.82, 2.24) is 0 Å². The molecule has 0 aliphatic carbocycles. The fraction of sp³-hybridized carbons (Fsp3) is 0.250. The van der Waals surface area contributed by atoms with E-state index >= 15 is 0 Å². The number of benzene rings is 4. The smallest absolute Gasteiger partial charge is 0.341 e. The summed E-state index contributed by atoms with van der Waals surface area (Å²) in [6.45, 7) is 8.50. The number of aromatic hydroxyl groups is 1. The lowest BCUT2D eigenvalue weighted by molar-refractivity contribution is 0.0597. The maximum atomic E-state index is 12.6. The zero-order chi connectivity index (χ0) is 23.2. The van der Waals surface area contributed by atoms with Crippen LogP contribution in [0.25, 0.3) is 32.7 Å². The number of hydrogen-bond acceptors (Lipinski definition) is 4. The maximum Gasteiger partial charge on any atom is 0.341 e. The average Bonchev–Trinajstić information content (AvgIpc) is 2.77. The van der Waals surface area contributed by atoms with Crippen molar-refractivity contribution in [2.75, 3.05) is 12.8 Å². The van der Waals surface area contributed by atoms with Gasteiger partial charge in [0.2, 0.25) is 0 Å². The van der Waals surface area contributed by atoms with E-state index in [9.17, 15) is 9.90 Å². The Bertz CT molecular complexity index is 1360. The van der Waals surface area contributed by atoms with Gasteiger partial charge in [-0.05, 0) is 56.6 Å². The van der Waals surface area contributed by atoms with Crippen molar-refractivity contribution < 1.29 is 14.6 Å². The molecule has 3 N–H and O–H groups in total. The molecule has 0 aliphatic rings. The quantitative estimate of drug-likeness (QED) is 0.286. The van der Waals surface area contributed by atoms with E-state index in [0.29, 0.717) is 11.3 Å². The molecule has 0 unspecified atom stereocenters. The van der Waals surface area contributed by atoms with Gasteiger partial charge in [0.25, 0.3) is 0 Å². The summed E-state index contributed by atoms with van der Waals surface area (Å²) in [4.78, 5) is 12.6. The number of carbonyl (C=O) groups is 1. The first-order valence-electron chi connectivity index (χ1n) is 10.9. The van der Waals surface area contributed by atoms with Crippen molar-refractivity contribution in [3.63, 3.8) is 0 Å². The molecular formula is C28H29NO3. The van der Waals surface area contributed by atoms with Crippen molar-refractivity contribution in [2.24, 2.45) is 0 Å². The van der Waals surface area contributed by atoms with Crippen LogP contribution in [0.4, 0.5) is 5.69 Å². The van der Waals surface area contributed by atoms with Gasteiger partial charge in [-0.1, -0.05) is 70.2 Å². The number of nitrogen functional groups attached to an aromatic ring is 1. The molecule has 0 bridgehead atoms. The Kier molecular flexibility index (Phi) is 5.33. The highest BCUT2D eigenvalue weighted by molar-refractivity contribution is 6.15. The fourth-order valence-corrected chi connectivity index (χ4v) is 4.36. The predicted molar refractivity (Wildman–Crippen MR) is 132 cm³/mol. The van der Waals surface area contributed by atoms with E-state index in [1.54, 1.807) is 6.07 Å². The van der Waals surface area contributed by atoms with Crippen molar-refractivity contribution >= 4 is 33.2 Å². The highest BCUT2D eigenvalue weighted by Gasteiger charge is 2.24. The lowest BCUT2D eigenvalue weighted by atomic mass is 9.83. The molecule has 0 saturated heterocycles. The van der Waals surface area contributed by atoms with Crippen LogP contribution in [0.5, 0.6) is 5.75 Å². The van der Waals surface area contributed by atoms with E-state index in [4.69, 9.17) is 10.5 Å². The predicted octanol–water partition coefficient (Wildman–Crippen LogP) is 6.59. The Hall–Kier alpha value is -3.53. The lowest BCUT2D eigenvalue weighted by Crippen LogP contribution is -2.11. The number of methoxy groups -OCH3 is 1. The van der Waals surface area contributed by atoms with Gasteiger partial charge >= 0.3 is 5.97 Å². The molecule has 32 heavy (non-hydrogen) atoms. The molecule has 0 spiro atoms. The van der Waals surface area contributed by atoms with Gasteiger partial charge in [0, 0.05) is 16.8 Å². The standard InChI is InChI=1S/C28H29NO3/c1-6-16-13-17-9-7-8-10-20(17)23(25(16)29)24-21-12-11-19(28(2,3)4)14-18(21)15-22(26(24)30)27(31)32-5/h7-15,30H,6,29H2,1-5H3. The van der Waals surface area contributed by atoms with Crippen LogP contribution in [-0.4, -0.2) is 18.2 Å². The maximum absolute atomic E-state index is 12.6. The number of rotatable bonds is 3. The number of carbonyl (C=O) groups excluding carboxylic acids is 1. The third-order valence-corrected chi connectivity index (χ3v) is 6.19. The Morgan fingerprint density at radius 2 is 1.66 bits per heavy atom. The summed E-state index contributed by atoms with van der Waals surface area (Å²) >= 11 is 0. The molecule has 0 radical (unpaired) electrons. The van der Waals surface area contributed by atoms with Gasteiger partial charge in [-0.25, -0.2) is 4.79 Å². The topological polar surface area (TPSA) is 72.5 Å². The minimum absolute atomic E-state index is 0.0640. The van der Waals surface area contributed by atoms with E-state index in [2.05, 4.69) is 45.9 Å². The number of aryl methyl sites for hydroxylation is 1. The highest BCUT2D eigenvalue weighted by Crippen LogP contribution is 2.46. The third kappa shape index (κ3) is 3.46. The van der Waals surface area contributed by atoms with Crippen LogP contribution in [0.3, 0.4) is 0 Å². The Balaban J connectivity index is 2.21. The molecule has 0 atom stereocenters. The second-order valence-electron chi connectivity index (χ2n) is 9.22. The first kappa shape index (κ1) is 21.7. The summed E-state index contributed by atoms with van der Waals surface area (Å²) in [5.74, 6) is -0.695. The summed E-state index contributed by atoms with van der Waals surface area (Å²) in [6, 6.07) is 17.9. The summed E-state index contributed by atoms with van der Waals surface area (Å²) in [5, 5.41) is 15.0. The molecule has 0 heterocycles. The number of phenols is 1. The van der Waals surface area contributed by atoms with Crippen molar-refractivity contribution in [3.8, 4) is 16.9 Å². The molecule has 0 aliphatic heterocycles. The van der Waals surface area contributed by atoms with Crippen LogP contribution in [0, 0.1) is 0 Å². The molecule has 4 aromatic rings. The molecule has 4 rings (SSSR count). The highest BCUT2D eigenvalue weighted by atomic mass is 16.5. The second kappa shape index (κ2) is 7.86. The number of fused-ring (bicyclic) bond motifs is 2. The Labute approximate surface area is 188 Å². The minimum Gasteiger partial charge on any atom is -0.506 e. The molecule has 4 heteroatoms. The van der Waals surface area contributed by atoms with Gasteiger partial charge in [0.1, 0.15) is 11.3 Å². The van der Waals surface area contributed by atoms with Crippen molar-refractivity contribution in [1.29, 1.82) is 0 Å². The van der Waals surface area contributed by atoms with E-state index < -0.39 is 5.97 Å². The van der Waals surface area contributed by atoms with Crippen molar-refractivity contribution in [2.45, 2.75) is 39.5 Å². The SMILES string of the molecule is CCc1cc2ccccc2c(-c2c(O)c(C(=O)OC)cc3cc(C(C)(C)C)ccc23)c1N. The van der Waals surface area contributed by atoms with Gasteiger partial charge in [-0.3, -0.25) is 0 Å². The van der Waals surface area contributed by atoms with Crippen LogP contribution in [-0.2, 0) is 16.6 Å². The number of ether oxygens (including phenoxy) is 1. The van der Waals surface area contributed by atoms with E-state index in [0.717, 1.165) is 44.7 Å². The number of phenolic OH excluding ortho intramolecular Hbond substituents is 1.